The third-order valence-electron chi connectivity index (χ3n) is 1.79. The Kier molecular flexibility index (Phi) is 3.55. The summed E-state index contributed by atoms with van der Waals surface area (Å²) >= 11 is 0. The van der Waals surface area contributed by atoms with Crippen LogP contribution in [0.3, 0.4) is 0 Å². The van der Waals surface area contributed by atoms with Crippen LogP contribution in [0, 0.1) is 0 Å². The quantitative estimate of drug-likeness (QED) is 0.701. The van der Waals surface area contributed by atoms with Crippen LogP contribution >= 0.6 is 0 Å². The molecule has 14 heavy (non-hydrogen) atoms. The molecule has 0 aliphatic carbocycles. The van der Waals surface area contributed by atoms with Gasteiger partial charge >= 0.3 is 0 Å². The molecule has 1 rings (SSSR count). The summed E-state index contributed by atoms with van der Waals surface area (Å²) in [6.45, 7) is 0.229. The second-order valence-corrected chi connectivity index (χ2v) is 2.66. The van der Waals surface area contributed by atoms with Gasteiger partial charge in [0.15, 0.2) is 11.5 Å². The summed E-state index contributed by atoms with van der Waals surface area (Å²) in [5.41, 5.74) is 0.763. The van der Waals surface area contributed by atoms with Gasteiger partial charge in [0, 0.05) is 0 Å². The van der Waals surface area contributed by atoms with E-state index in [1.54, 1.807) is 12.1 Å². The van der Waals surface area contributed by atoms with Gasteiger partial charge in [0.1, 0.15) is 0 Å². The normalized spacial score (nSPS) is 9.93. The fraction of sp³-hybridized carbons (Fsp3) is 0.333. The molecule has 0 amide bonds. The molecule has 0 spiro atoms. The molecule has 0 radical (unpaired) electrons. The summed E-state index contributed by atoms with van der Waals surface area (Å²) in [6.07, 6.45) is 0. The van der Waals surface area contributed by atoms with Crippen molar-refractivity contribution in [2.45, 2.75) is 6.61 Å². The largest absolute Gasteiger partial charge is 0.502 e. The highest BCUT2D eigenvalue weighted by molar-refractivity contribution is 5.52. The fourth-order valence-corrected chi connectivity index (χ4v) is 1.13. The van der Waals surface area contributed by atoms with Crippen molar-refractivity contribution >= 4 is 0 Å². The Hall–Kier alpha value is -1.46. The van der Waals surface area contributed by atoms with Crippen LogP contribution in [-0.2, 0) is 11.4 Å². The van der Waals surface area contributed by atoms with E-state index in [2.05, 4.69) is 4.84 Å². The number of aromatic hydroxyl groups is 1. The molecule has 0 bridgehead atoms. The Morgan fingerprint density at radius 3 is 2.07 bits per heavy atom. The zero-order valence-corrected chi connectivity index (χ0v) is 8.11. The molecular weight excluding hydrogens is 186 g/mol. The summed E-state index contributed by atoms with van der Waals surface area (Å²) < 4.78 is 9.90. The molecule has 1 aromatic rings. The summed E-state index contributed by atoms with van der Waals surface area (Å²) in [5.74, 6) is 5.57. The van der Waals surface area contributed by atoms with E-state index < -0.39 is 0 Å². The number of nitrogens with two attached hydrogens (primary N) is 1. The number of phenolic OH excluding ortho intramolecular Hbond substituents is 1. The highest BCUT2D eigenvalue weighted by Crippen LogP contribution is 2.37. The molecule has 0 saturated carbocycles. The lowest BCUT2D eigenvalue weighted by Gasteiger charge is -2.10. The van der Waals surface area contributed by atoms with Crippen molar-refractivity contribution in [2.75, 3.05) is 14.2 Å². The molecule has 0 aliphatic rings. The number of benzene rings is 1. The number of phenols is 1. The Labute approximate surface area is 82.0 Å². The second-order valence-electron chi connectivity index (χ2n) is 2.66. The minimum Gasteiger partial charge on any atom is -0.502 e. The Morgan fingerprint density at radius 1 is 1.21 bits per heavy atom. The first-order valence-corrected chi connectivity index (χ1v) is 3.98. The molecular formula is C9H13NO4. The van der Waals surface area contributed by atoms with E-state index in [9.17, 15) is 5.11 Å². The topological polar surface area (TPSA) is 73.9 Å². The second kappa shape index (κ2) is 4.69. The molecule has 5 nitrogen and oxygen atoms in total. The maximum Gasteiger partial charge on any atom is 0.200 e. The summed E-state index contributed by atoms with van der Waals surface area (Å²) in [5, 5.41) is 9.56. The van der Waals surface area contributed by atoms with Crippen LogP contribution in [0.15, 0.2) is 12.1 Å². The number of rotatable bonds is 4. The predicted molar refractivity (Wildman–Crippen MR) is 50.2 cm³/mol. The van der Waals surface area contributed by atoms with Crippen LogP contribution < -0.4 is 15.4 Å². The number of hydrogen-bond acceptors (Lipinski definition) is 5. The van der Waals surface area contributed by atoms with Crippen LogP contribution in [0.4, 0.5) is 0 Å². The number of methoxy groups -OCH3 is 2. The van der Waals surface area contributed by atoms with E-state index in [1.165, 1.54) is 14.2 Å². The minimum absolute atomic E-state index is 0.0317. The maximum absolute atomic E-state index is 9.56. The lowest BCUT2D eigenvalue weighted by atomic mass is 10.2. The molecule has 0 unspecified atom stereocenters. The third-order valence-corrected chi connectivity index (χ3v) is 1.79. The molecule has 0 saturated heterocycles. The van der Waals surface area contributed by atoms with Gasteiger partial charge in [-0.3, -0.25) is 4.84 Å². The van der Waals surface area contributed by atoms with E-state index in [4.69, 9.17) is 15.4 Å². The molecule has 3 N–H and O–H groups in total. The van der Waals surface area contributed by atoms with Gasteiger partial charge in [0.05, 0.1) is 20.8 Å². The van der Waals surface area contributed by atoms with E-state index in [0.29, 0.717) is 11.5 Å². The van der Waals surface area contributed by atoms with Crippen molar-refractivity contribution in [3.63, 3.8) is 0 Å². The average molecular weight is 199 g/mol. The minimum atomic E-state index is -0.0317. The summed E-state index contributed by atoms with van der Waals surface area (Å²) in [6, 6.07) is 3.26. The standard InChI is InChI=1S/C9H13NO4/c1-12-7-3-6(5-14-10)4-8(13-2)9(7)11/h3-4,11H,5,10H2,1-2H3. The van der Waals surface area contributed by atoms with Crippen molar-refractivity contribution in [1.82, 2.24) is 0 Å². The smallest absolute Gasteiger partial charge is 0.200 e. The van der Waals surface area contributed by atoms with Gasteiger partial charge in [-0.2, -0.15) is 0 Å². The predicted octanol–water partition coefficient (Wildman–Crippen LogP) is 0.800. The molecule has 0 heterocycles. The lowest BCUT2D eigenvalue weighted by molar-refractivity contribution is 0.123. The van der Waals surface area contributed by atoms with Gasteiger partial charge in [0.2, 0.25) is 5.75 Å². The molecule has 0 aromatic heterocycles. The van der Waals surface area contributed by atoms with E-state index >= 15 is 0 Å². The van der Waals surface area contributed by atoms with E-state index in [-0.39, 0.29) is 12.4 Å². The van der Waals surface area contributed by atoms with Crippen LogP contribution in [0.5, 0.6) is 17.2 Å². The van der Waals surface area contributed by atoms with Gasteiger partial charge in [-0.25, -0.2) is 5.90 Å². The van der Waals surface area contributed by atoms with E-state index in [0.717, 1.165) is 5.56 Å². The average Bonchev–Trinajstić information content (AvgIpc) is 2.20. The Balaban J connectivity index is 3.11. The van der Waals surface area contributed by atoms with Crippen molar-refractivity contribution in [1.29, 1.82) is 0 Å². The van der Waals surface area contributed by atoms with Crippen molar-refractivity contribution in [3.05, 3.63) is 17.7 Å². The first-order valence-electron chi connectivity index (χ1n) is 3.98. The Bertz CT molecular complexity index is 289. The van der Waals surface area contributed by atoms with Gasteiger partial charge < -0.3 is 14.6 Å². The van der Waals surface area contributed by atoms with Gasteiger partial charge in [-0.15, -0.1) is 0 Å². The Morgan fingerprint density at radius 2 is 1.71 bits per heavy atom. The van der Waals surface area contributed by atoms with Crippen LogP contribution in [0.25, 0.3) is 0 Å². The number of ether oxygens (including phenoxy) is 2. The van der Waals surface area contributed by atoms with Crippen LogP contribution in [0.2, 0.25) is 0 Å². The molecule has 5 heteroatoms. The van der Waals surface area contributed by atoms with E-state index in [1.807, 2.05) is 0 Å². The summed E-state index contributed by atoms with van der Waals surface area (Å²) in [7, 11) is 2.92. The molecule has 78 valence electrons. The highest BCUT2D eigenvalue weighted by Gasteiger charge is 2.10. The van der Waals surface area contributed by atoms with Crippen molar-refractivity contribution < 1.29 is 19.4 Å². The maximum atomic E-state index is 9.56. The SMILES string of the molecule is COc1cc(CON)cc(OC)c1O. The van der Waals surface area contributed by atoms with Gasteiger partial charge in [-0.1, -0.05) is 0 Å². The first-order chi connectivity index (χ1) is 6.72. The third kappa shape index (κ3) is 2.07. The van der Waals surface area contributed by atoms with Crippen LogP contribution in [0.1, 0.15) is 5.56 Å². The van der Waals surface area contributed by atoms with Crippen LogP contribution in [-0.4, -0.2) is 19.3 Å². The molecule has 0 aliphatic heterocycles. The monoisotopic (exact) mass is 199 g/mol. The zero-order valence-electron chi connectivity index (χ0n) is 8.11. The van der Waals surface area contributed by atoms with Crippen molar-refractivity contribution in [3.8, 4) is 17.2 Å². The van der Waals surface area contributed by atoms with Gasteiger partial charge in [-0.05, 0) is 17.7 Å². The first kappa shape index (κ1) is 10.6. The lowest BCUT2D eigenvalue weighted by Crippen LogP contribution is -2.00. The van der Waals surface area contributed by atoms with Crippen molar-refractivity contribution in [2.24, 2.45) is 5.90 Å². The molecule has 0 fully saturated rings. The molecule has 1 aromatic carbocycles. The molecule has 0 atom stereocenters. The highest BCUT2D eigenvalue weighted by atomic mass is 16.6. The fourth-order valence-electron chi connectivity index (χ4n) is 1.13. The zero-order chi connectivity index (χ0) is 10.6. The summed E-state index contributed by atoms with van der Waals surface area (Å²) in [4.78, 5) is 4.47. The van der Waals surface area contributed by atoms with Gasteiger partial charge in [0.25, 0.3) is 0 Å². The number of hydrogen-bond donors (Lipinski definition) is 2.